The van der Waals surface area contributed by atoms with Gasteiger partial charge in [-0.2, -0.15) is 0 Å². The minimum atomic E-state index is -0.199. The first-order valence-electron chi connectivity index (χ1n) is 8.05. The van der Waals surface area contributed by atoms with Crippen molar-refractivity contribution in [1.29, 1.82) is 0 Å². The van der Waals surface area contributed by atoms with Crippen molar-refractivity contribution >= 4 is 50.9 Å². The second-order valence-electron chi connectivity index (χ2n) is 5.41. The molecule has 1 heterocycles. The summed E-state index contributed by atoms with van der Waals surface area (Å²) >= 11 is 2.90. The summed E-state index contributed by atoms with van der Waals surface area (Å²) < 4.78 is 7.03. The molecule has 0 aliphatic carbocycles. The van der Waals surface area contributed by atoms with E-state index in [9.17, 15) is 9.59 Å². The molecule has 0 radical (unpaired) electrons. The molecule has 5 nitrogen and oxygen atoms in total. The average Bonchev–Trinajstić information content (AvgIpc) is 2.94. The SMILES string of the molecule is CCCCCCOC(=O)CSc1nc2ccc(NC(C)=O)cc2s1. The second kappa shape index (κ2) is 9.64. The summed E-state index contributed by atoms with van der Waals surface area (Å²) in [6.07, 6.45) is 4.38. The highest BCUT2D eigenvalue weighted by atomic mass is 32.2. The van der Waals surface area contributed by atoms with Gasteiger partial charge in [-0.05, 0) is 24.6 Å². The number of hydrogen-bond donors (Lipinski definition) is 1. The molecule has 1 aromatic carbocycles. The molecule has 24 heavy (non-hydrogen) atoms. The predicted octanol–water partition coefficient (Wildman–Crippen LogP) is 4.47. The van der Waals surface area contributed by atoms with E-state index in [1.165, 1.54) is 42.9 Å². The Morgan fingerprint density at radius 3 is 2.88 bits per heavy atom. The van der Waals surface area contributed by atoms with Gasteiger partial charge in [-0.1, -0.05) is 37.9 Å². The van der Waals surface area contributed by atoms with E-state index < -0.39 is 0 Å². The topological polar surface area (TPSA) is 68.3 Å². The number of carbonyl (C=O) groups is 2. The van der Waals surface area contributed by atoms with Gasteiger partial charge in [0.2, 0.25) is 5.91 Å². The van der Waals surface area contributed by atoms with E-state index in [2.05, 4.69) is 17.2 Å². The Bertz CT molecular complexity index is 700. The summed E-state index contributed by atoms with van der Waals surface area (Å²) in [6.45, 7) is 4.13. The molecule has 1 N–H and O–H groups in total. The molecule has 0 saturated heterocycles. The van der Waals surface area contributed by atoms with Crippen molar-refractivity contribution in [2.75, 3.05) is 17.7 Å². The molecule has 0 bridgehead atoms. The molecule has 0 aliphatic rings. The number of benzene rings is 1. The van der Waals surface area contributed by atoms with Gasteiger partial charge in [-0.3, -0.25) is 9.59 Å². The Balaban J connectivity index is 1.82. The lowest BCUT2D eigenvalue weighted by molar-refractivity contribution is -0.140. The highest BCUT2D eigenvalue weighted by Crippen LogP contribution is 2.31. The fourth-order valence-corrected chi connectivity index (χ4v) is 4.03. The number of unbranched alkanes of at least 4 members (excludes halogenated alkanes) is 3. The van der Waals surface area contributed by atoms with Gasteiger partial charge in [0.25, 0.3) is 0 Å². The number of carbonyl (C=O) groups excluding carboxylic acids is 2. The number of anilines is 1. The lowest BCUT2D eigenvalue weighted by atomic mass is 10.2. The van der Waals surface area contributed by atoms with Crippen LogP contribution in [0.5, 0.6) is 0 Å². The molecule has 130 valence electrons. The predicted molar refractivity (Wildman–Crippen MR) is 99.7 cm³/mol. The van der Waals surface area contributed by atoms with Crippen molar-refractivity contribution in [2.45, 2.75) is 43.9 Å². The molecule has 0 saturated carbocycles. The highest BCUT2D eigenvalue weighted by molar-refractivity contribution is 8.01. The maximum Gasteiger partial charge on any atom is 0.316 e. The molecule has 0 atom stereocenters. The Morgan fingerprint density at radius 2 is 2.12 bits per heavy atom. The number of aromatic nitrogens is 1. The van der Waals surface area contributed by atoms with Crippen molar-refractivity contribution < 1.29 is 14.3 Å². The highest BCUT2D eigenvalue weighted by Gasteiger charge is 2.09. The third-order valence-corrected chi connectivity index (χ3v) is 5.40. The zero-order valence-corrected chi connectivity index (χ0v) is 15.6. The molecule has 0 spiro atoms. The first kappa shape index (κ1) is 18.7. The number of nitrogens with zero attached hydrogens (tertiary/aromatic N) is 1. The largest absolute Gasteiger partial charge is 0.465 e. The molecule has 1 amide bonds. The van der Waals surface area contributed by atoms with Crippen LogP contribution in [0, 0.1) is 0 Å². The molecular weight excluding hydrogens is 344 g/mol. The van der Waals surface area contributed by atoms with Gasteiger partial charge < -0.3 is 10.1 Å². The van der Waals surface area contributed by atoms with Crippen LogP contribution < -0.4 is 5.32 Å². The summed E-state index contributed by atoms with van der Waals surface area (Å²) in [5.74, 6) is -0.0311. The standard InChI is InChI=1S/C17H22N2O3S2/c1-3-4-5-6-9-22-16(21)11-23-17-19-14-8-7-13(18-12(2)20)10-15(14)24-17/h7-8,10H,3-6,9,11H2,1-2H3,(H,18,20). The van der Waals surface area contributed by atoms with Crippen LogP contribution in [-0.4, -0.2) is 29.2 Å². The quantitative estimate of drug-likeness (QED) is 0.403. The summed E-state index contributed by atoms with van der Waals surface area (Å²) in [7, 11) is 0. The lowest BCUT2D eigenvalue weighted by Crippen LogP contribution is -2.08. The van der Waals surface area contributed by atoms with Crippen LogP contribution in [0.25, 0.3) is 10.2 Å². The lowest BCUT2D eigenvalue weighted by Gasteiger charge is -2.03. The number of fused-ring (bicyclic) bond motifs is 1. The van der Waals surface area contributed by atoms with Crippen molar-refractivity contribution in [2.24, 2.45) is 0 Å². The monoisotopic (exact) mass is 366 g/mol. The average molecular weight is 367 g/mol. The fourth-order valence-electron chi connectivity index (χ4n) is 2.12. The van der Waals surface area contributed by atoms with Crippen LogP contribution in [0.2, 0.25) is 0 Å². The summed E-state index contributed by atoms with van der Waals surface area (Å²) in [5, 5.41) is 2.75. The third kappa shape index (κ3) is 6.13. The van der Waals surface area contributed by atoms with Crippen LogP contribution in [-0.2, 0) is 14.3 Å². The second-order valence-corrected chi connectivity index (χ2v) is 7.67. The Hall–Kier alpha value is -1.60. The third-order valence-electron chi connectivity index (χ3n) is 3.26. The van der Waals surface area contributed by atoms with E-state index in [0.717, 1.165) is 33.1 Å². The van der Waals surface area contributed by atoms with Crippen molar-refractivity contribution in [3.05, 3.63) is 18.2 Å². The zero-order chi connectivity index (χ0) is 17.4. The maximum absolute atomic E-state index is 11.7. The smallest absolute Gasteiger partial charge is 0.316 e. The number of rotatable bonds is 9. The van der Waals surface area contributed by atoms with E-state index in [1.54, 1.807) is 0 Å². The molecule has 2 rings (SSSR count). The number of ether oxygens (including phenoxy) is 1. The van der Waals surface area contributed by atoms with Crippen LogP contribution in [0.3, 0.4) is 0 Å². The molecule has 1 aromatic heterocycles. The van der Waals surface area contributed by atoms with Gasteiger partial charge in [-0.15, -0.1) is 11.3 Å². The number of amides is 1. The van der Waals surface area contributed by atoms with Crippen LogP contribution in [0.1, 0.15) is 39.5 Å². The van der Waals surface area contributed by atoms with Gasteiger partial charge in [0.15, 0.2) is 4.34 Å². The molecule has 2 aromatic rings. The van der Waals surface area contributed by atoms with E-state index in [0.29, 0.717) is 6.61 Å². The number of thiazole rings is 1. The van der Waals surface area contributed by atoms with Crippen molar-refractivity contribution in [3.8, 4) is 0 Å². The first-order chi connectivity index (χ1) is 11.6. The van der Waals surface area contributed by atoms with Crippen molar-refractivity contribution in [1.82, 2.24) is 4.98 Å². The minimum Gasteiger partial charge on any atom is -0.465 e. The summed E-state index contributed by atoms with van der Waals surface area (Å²) in [4.78, 5) is 27.3. The molecule has 7 heteroatoms. The van der Waals surface area contributed by atoms with Gasteiger partial charge in [0.1, 0.15) is 0 Å². The zero-order valence-electron chi connectivity index (χ0n) is 14.0. The normalized spacial score (nSPS) is 10.8. The van der Waals surface area contributed by atoms with E-state index in [4.69, 9.17) is 4.74 Å². The van der Waals surface area contributed by atoms with Crippen LogP contribution in [0.15, 0.2) is 22.5 Å². The Labute approximate surface area is 150 Å². The maximum atomic E-state index is 11.7. The molecule has 0 fully saturated rings. The van der Waals surface area contributed by atoms with E-state index in [1.807, 2.05) is 18.2 Å². The number of thioether (sulfide) groups is 1. The fraction of sp³-hybridized carbons (Fsp3) is 0.471. The van der Waals surface area contributed by atoms with E-state index in [-0.39, 0.29) is 17.6 Å². The van der Waals surface area contributed by atoms with E-state index >= 15 is 0 Å². The van der Waals surface area contributed by atoms with Crippen LogP contribution in [0.4, 0.5) is 5.69 Å². The molecular formula is C17H22N2O3S2. The number of hydrogen-bond acceptors (Lipinski definition) is 6. The Morgan fingerprint density at radius 1 is 1.29 bits per heavy atom. The van der Waals surface area contributed by atoms with Gasteiger partial charge in [0.05, 0.1) is 22.6 Å². The number of nitrogens with one attached hydrogen (secondary N) is 1. The number of esters is 1. The summed E-state index contributed by atoms with van der Waals surface area (Å²) in [6, 6.07) is 5.58. The van der Waals surface area contributed by atoms with Crippen LogP contribution >= 0.6 is 23.1 Å². The molecule has 0 aliphatic heterocycles. The van der Waals surface area contributed by atoms with Gasteiger partial charge >= 0.3 is 5.97 Å². The minimum absolute atomic E-state index is 0.102. The summed E-state index contributed by atoms with van der Waals surface area (Å²) in [5.41, 5.74) is 1.62. The Kier molecular flexibility index (Phi) is 7.52. The van der Waals surface area contributed by atoms with Gasteiger partial charge in [-0.25, -0.2) is 4.98 Å². The van der Waals surface area contributed by atoms with Crippen molar-refractivity contribution in [3.63, 3.8) is 0 Å². The molecule has 0 unspecified atom stereocenters. The first-order valence-corrected chi connectivity index (χ1v) is 9.85. The van der Waals surface area contributed by atoms with Gasteiger partial charge in [0, 0.05) is 12.6 Å².